The Morgan fingerprint density at radius 2 is 2.40 bits per heavy atom. The van der Waals surface area contributed by atoms with Gasteiger partial charge in [-0.15, -0.1) is 5.10 Å². The molecule has 0 radical (unpaired) electrons. The number of hydrogen-bond acceptors (Lipinski definition) is 5. The number of anilines is 1. The zero-order chi connectivity index (χ0) is 11.1. The standard InChI is InChI=1S/C8H13N5O2/c1-8(15)3-12(4-8)6(14)2-13-5-10-7(9)11-13/h5,15H,2-4H2,1H3,(H2,9,11). The van der Waals surface area contributed by atoms with E-state index >= 15 is 0 Å². The highest BCUT2D eigenvalue weighted by atomic mass is 16.3. The monoisotopic (exact) mass is 211 g/mol. The first kappa shape index (κ1) is 9.91. The van der Waals surface area contributed by atoms with Crippen molar-refractivity contribution < 1.29 is 9.90 Å². The smallest absolute Gasteiger partial charge is 0.244 e. The molecule has 3 N–H and O–H groups in total. The maximum Gasteiger partial charge on any atom is 0.244 e. The summed E-state index contributed by atoms with van der Waals surface area (Å²) in [5.74, 6) is 0.0600. The quantitative estimate of drug-likeness (QED) is 0.617. The van der Waals surface area contributed by atoms with Gasteiger partial charge in [-0.1, -0.05) is 0 Å². The summed E-state index contributed by atoms with van der Waals surface area (Å²) in [6, 6.07) is 0. The van der Waals surface area contributed by atoms with E-state index in [0.717, 1.165) is 0 Å². The van der Waals surface area contributed by atoms with Crippen LogP contribution in [0.2, 0.25) is 0 Å². The largest absolute Gasteiger partial charge is 0.386 e. The number of amides is 1. The van der Waals surface area contributed by atoms with Crippen molar-refractivity contribution in [2.75, 3.05) is 18.8 Å². The summed E-state index contributed by atoms with van der Waals surface area (Å²) >= 11 is 0. The third-order valence-corrected chi connectivity index (χ3v) is 2.27. The molecule has 2 rings (SSSR count). The molecule has 1 saturated heterocycles. The summed E-state index contributed by atoms with van der Waals surface area (Å²) in [5.41, 5.74) is 4.57. The second kappa shape index (κ2) is 3.20. The second-order valence-corrected chi connectivity index (χ2v) is 4.05. The van der Waals surface area contributed by atoms with Crippen molar-refractivity contribution in [1.29, 1.82) is 0 Å². The second-order valence-electron chi connectivity index (χ2n) is 4.05. The van der Waals surface area contributed by atoms with E-state index in [0.29, 0.717) is 13.1 Å². The lowest BCUT2D eigenvalue weighted by atomic mass is 9.97. The highest BCUT2D eigenvalue weighted by Gasteiger charge is 2.39. The van der Waals surface area contributed by atoms with Crippen LogP contribution in [0, 0.1) is 0 Å². The fraction of sp³-hybridized carbons (Fsp3) is 0.625. The molecule has 1 aliphatic heterocycles. The van der Waals surface area contributed by atoms with Crippen molar-refractivity contribution in [2.24, 2.45) is 0 Å². The Hall–Kier alpha value is -1.63. The summed E-state index contributed by atoms with van der Waals surface area (Å²) in [4.78, 5) is 16.9. The van der Waals surface area contributed by atoms with Crippen molar-refractivity contribution in [2.45, 2.75) is 19.1 Å². The zero-order valence-electron chi connectivity index (χ0n) is 8.42. The summed E-state index contributed by atoms with van der Waals surface area (Å²) < 4.78 is 1.38. The van der Waals surface area contributed by atoms with Crippen LogP contribution in [0.3, 0.4) is 0 Å². The van der Waals surface area contributed by atoms with Gasteiger partial charge in [0.1, 0.15) is 12.9 Å². The Bertz CT molecular complexity index is 378. The normalized spacial score (nSPS) is 18.7. The first-order valence-corrected chi connectivity index (χ1v) is 4.61. The van der Waals surface area contributed by atoms with E-state index in [2.05, 4.69) is 10.1 Å². The third kappa shape index (κ3) is 2.07. The van der Waals surface area contributed by atoms with Crippen molar-refractivity contribution in [1.82, 2.24) is 19.7 Å². The Kier molecular flexibility index (Phi) is 2.11. The van der Waals surface area contributed by atoms with Crippen LogP contribution in [0.25, 0.3) is 0 Å². The maximum absolute atomic E-state index is 11.6. The van der Waals surface area contributed by atoms with Crippen LogP contribution >= 0.6 is 0 Å². The minimum atomic E-state index is -0.739. The minimum Gasteiger partial charge on any atom is -0.386 e. The van der Waals surface area contributed by atoms with Crippen molar-refractivity contribution in [3.8, 4) is 0 Å². The molecule has 7 nitrogen and oxygen atoms in total. The number of nitrogens with zero attached hydrogens (tertiary/aromatic N) is 4. The number of β-amino-alcohol motifs (C(OH)–C–C–N with tert-alkyl or cyclic N) is 1. The van der Waals surface area contributed by atoms with Gasteiger partial charge in [0.05, 0.1) is 18.7 Å². The highest BCUT2D eigenvalue weighted by molar-refractivity contribution is 5.77. The highest BCUT2D eigenvalue weighted by Crippen LogP contribution is 2.19. The van der Waals surface area contributed by atoms with Crippen LogP contribution in [0.5, 0.6) is 0 Å². The van der Waals surface area contributed by atoms with Crippen LogP contribution in [0.4, 0.5) is 5.95 Å². The Morgan fingerprint density at radius 3 is 2.87 bits per heavy atom. The molecule has 1 aromatic rings. The Morgan fingerprint density at radius 1 is 1.73 bits per heavy atom. The SMILES string of the molecule is CC1(O)CN(C(=O)Cn2cnc(N)n2)C1. The summed E-state index contributed by atoms with van der Waals surface area (Å²) in [7, 11) is 0. The fourth-order valence-corrected chi connectivity index (χ4v) is 1.58. The van der Waals surface area contributed by atoms with Crippen molar-refractivity contribution in [3.05, 3.63) is 6.33 Å². The number of rotatable bonds is 2. The van der Waals surface area contributed by atoms with Crippen molar-refractivity contribution >= 4 is 11.9 Å². The first-order chi connectivity index (χ1) is 6.96. The molecule has 15 heavy (non-hydrogen) atoms. The van der Waals surface area contributed by atoms with Crippen LogP contribution in [-0.4, -0.2) is 49.4 Å². The molecular weight excluding hydrogens is 198 g/mol. The molecule has 1 amide bonds. The fourth-order valence-electron chi connectivity index (χ4n) is 1.58. The Balaban J connectivity index is 1.89. The van der Waals surface area contributed by atoms with Crippen LogP contribution in [0.1, 0.15) is 6.92 Å². The van der Waals surface area contributed by atoms with Crippen LogP contribution in [0.15, 0.2) is 6.33 Å². The molecule has 1 fully saturated rings. The third-order valence-electron chi connectivity index (χ3n) is 2.27. The van der Waals surface area contributed by atoms with Gasteiger partial charge in [0.2, 0.25) is 11.9 Å². The minimum absolute atomic E-state index is 0.0913. The van der Waals surface area contributed by atoms with E-state index in [1.165, 1.54) is 11.0 Å². The summed E-state index contributed by atoms with van der Waals surface area (Å²) in [5, 5.41) is 13.3. The molecule has 0 aliphatic carbocycles. The molecule has 0 unspecified atom stereocenters. The van der Waals surface area contributed by atoms with Gasteiger partial charge in [-0.05, 0) is 6.92 Å². The Labute approximate surface area is 86.5 Å². The molecule has 0 saturated carbocycles. The van der Waals surface area contributed by atoms with Crippen LogP contribution in [-0.2, 0) is 11.3 Å². The first-order valence-electron chi connectivity index (χ1n) is 4.61. The molecule has 0 atom stereocenters. The van der Waals surface area contributed by atoms with Gasteiger partial charge in [0, 0.05) is 0 Å². The average Bonchev–Trinajstić information content (AvgIpc) is 2.46. The molecule has 1 aliphatic rings. The molecule has 82 valence electrons. The number of nitrogens with two attached hydrogens (primary N) is 1. The van der Waals surface area contributed by atoms with Crippen molar-refractivity contribution in [3.63, 3.8) is 0 Å². The van der Waals surface area contributed by atoms with Gasteiger partial charge < -0.3 is 15.7 Å². The lowest BCUT2D eigenvalue weighted by Gasteiger charge is -2.44. The molecule has 0 spiro atoms. The molecule has 0 aromatic carbocycles. The van der Waals surface area contributed by atoms with E-state index in [-0.39, 0.29) is 18.4 Å². The molecule has 1 aromatic heterocycles. The molecule has 0 bridgehead atoms. The number of aromatic nitrogens is 3. The summed E-state index contributed by atoms with van der Waals surface area (Å²) in [6.07, 6.45) is 1.41. The van der Waals surface area contributed by atoms with Gasteiger partial charge in [-0.3, -0.25) is 4.79 Å². The van der Waals surface area contributed by atoms with E-state index in [1.54, 1.807) is 11.8 Å². The number of nitrogen functional groups attached to an aromatic ring is 1. The maximum atomic E-state index is 11.6. The van der Waals surface area contributed by atoms with Gasteiger partial charge in [0.15, 0.2) is 0 Å². The molecule has 7 heteroatoms. The molecule has 2 heterocycles. The zero-order valence-corrected chi connectivity index (χ0v) is 8.42. The van der Waals surface area contributed by atoms with Gasteiger partial charge in [-0.2, -0.15) is 0 Å². The van der Waals surface area contributed by atoms with Gasteiger partial charge in [-0.25, -0.2) is 9.67 Å². The van der Waals surface area contributed by atoms with E-state index in [1.807, 2.05) is 0 Å². The lowest BCUT2D eigenvalue weighted by Crippen LogP contribution is -2.62. The number of aliphatic hydroxyl groups is 1. The number of carbonyl (C=O) groups excluding carboxylic acids is 1. The van der Waals surface area contributed by atoms with Gasteiger partial charge >= 0.3 is 0 Å². The summed E-state index contributed by atoms with van der Waals surface area (Å²) in [6.45, 7) is 2.55. The average molecular weight is 211 g/mol. The van der Waals surface area contributed by atoms with E-state index in [9.17, 15) is 9.90 Å². The predicted octanol–water partition coefficient (Wildman–Crippen LogP) is -1.55. The topological polar surface area (TPSA) is 97.3 Å². The van der Waals surface area contributed by atoms with E-state index in [4.69, 9.17) is 5.73 Å². The number of hydrogen-bond donors (Lipinski definition) is 2. The van der Waals surface area contributed by atoms with E-state index < -0.39 is 5.60 Å². The van der Waals surface area contributed by atoms with Gasteiger partial charge in [0.25, 0.3) is 0 Å². The number of carbonyl (C=O) groups is 1. The van der Waals surface area contributed by atoms with Crippen LogP contribution < -0.4 is 5.73 Å². The number of likely N-dealkylation sites (tertiary alicyclic amines) is 1. The lowest BCUT2D eigenvalue weighted by molar-refractivity contribution is -0.153. The molecular formula is C8H13N5O2. The predicted molar refractivity (Wildman–Crippen MR) is 51.6 cm³/mol.